The molecular formula is C21H21F3N8. The molecule has 11 heteroatoms. The largest absolute Gasteiger partial charge is 0.382 e. The van der Waals surface area contributed by atoms with Crippen molar-refractivity contribution in [1.29, 1.82) is 0 Å². The number of pyridine rings is 1. The number of imidazole rings is 1. The summed E-state index contributed by atoms with van der Waals surface area (Å²) in [6, 6.07) is 3.53. The first-order chi connectivity index (χ1) is 15.4. The summed E-state index contributed by atoms with van der Waals surface area (Å²) in [4.78, 5) is 13.1. The fourth-order valence-electron chi connectivity index (χ4n) is 5.01. The Kier molecular flexibility index (Phi) is 4.11. The van der Waals surface area contributed by atoms with E-state index in [2.05, 4.69) is 25.4 Å². The second-order valence-electron chi connectivity index (χ2n) is 8.73. The Morgan fingerprint density at radius 3 is 2.69 bits per heavy atom. The molecule has 0 spiro atoms. The third kappa shape index (κ3) is 3.06. The molecule has 2 aliphatic carbocycles. The Hall–Kier alpha value is -3.37. The first-order valence-corrected chi connectivity index (χ1v) is 10.6. The van der Waals surface area contributed by atoms with E-state index in [4.69, 9.17) is 5.73 Å². The summed E-state index contributed by atoms with van der Waals surface area (Å²) in [5.41, 5.74) is 7.59. The molecule has 2 unspecified atom stereocenters. The Bertz CT molecular complexity index is 1350. The van der Waals surface area contributed by atoms with Gasteiger partial charge in [0.1, 0.15) is 16.9 Å². The molecule has 2 fully saturated rings. The average molecular weight is 442 g/mol. The lowest BCUT2D eigenvalue weighted by Gasteiger charge is -2.14. The number of hydrogen-bond donors (Lipinski definition) is 2. The van der Waals surface area contributed by atoms with E-state index < -0.39 is 18.8 Å². The van der Waals surface area contributed by atoms with Crippen molar-refractivity contribution < 1.29 is 13.2 Å². The maximum Gasteiger partial charge on any atom is 0.256 e. The highest BCUT2D eigenvalue weighted by Gasteiger charge is 2.46. The Morgan fingerprint density at radius 1 is 1.16 bits per heavy atom. The van der Waals surface area contributed by atoms with E-state index in [1.165, 1.54) is 21.7 Å². The summed E-state index contributed by atoms with van der Waals surface area (Å²) in [7, 11) is 0. The van der Waals surface area contributed by atoms with E-state index in [-0.39, 0.29) is 28.2 Å². The Balaban J connectivity index is 1.41. The van der Waals surface area contributed by atoms with E-state index in [9.17, 15) is 8.78 Å². The van der Waals surface area contributed by atoms with Crippen LogP contribution < -0.4 is 11.1 Å². The highest BCUT2D eigenvalue weighted by molar-refractivity contribution is 5.89. The number of aromatic nitrogens is 6. The van der Waals surface area contributed by atoms with Crippen LogP contribution in [0, 0.1) is 24.6 Å². The second-order valence-corrected chi connectivity index (χ2v) is 8.73. The van der Waals surface area contributed by atoms with E-state index in [1.54, 1.807) is 19.1 Å². The number of nitrogens with two attached hydrogens (primary N) is 1. The van der Waals surface area contributed by atoms with Gasteiger partial charge in [-0.15, -0.1) is 5.10 Å². The second kappa shape index (κ2) is 6.81. The van der Waals surface area contributed by atoms with Crippen molar-refractivity contribution in [3.8, 4) is 11.3 Å². The summed E-state index contributed by atoms with van der Waals surface area (Å²) < 4.78 is 43.8. The topological polar surface area (TPSA) is 98.9 Å². The predicted octanol–water partition coefficient (Wildman–Crippen LogP) is 3.65. The van der Waals surface area contributed by atoms with Gasteiger partial charge in [0.25, 0.3) is 6.43 Å². The lowest BCUT2D eigenvalue weighted by atomic mass is 10.1. The van der Waals surface area contributed by atoms with Crippen LogP contribution >= 0.6 is 0 Å². The summed E-state index contributed by atoms with van der Waals surface area (Å²) in [5, 5.41) is 7.71. The van der Waals surface area contributed by atoms with Crippen LogP contribution in [-0.4, -0.2) is 41.6 Å². The smallest absolute Gasteiger partial charge is 0.256 e. The summed E-state index contributed by atoms with van der Waals surface area (Å²) in [6.07, 6.45) is 2.15. The molecule has 2 atom stereocenters. The van der Waals surface area contributed by atoms with Crippen molar-refractivity contribution in [1.82, 2.24) is 29.1 Å². The number of aryl methyl sites for hydroxylation is 1. The standard InChI is InChI=1S/C21H21F3N8/c1-9-26-15-3-2-14(28-20(15)31(9)8-16(23)24)17-13(22)7-32-18(17)19(25)29-21(30-32)27-12-5-10-4-11(10)6-12/h2-3,7,10-12,16H,4-6,8H2,1H3,(H3,25,27,29,30). The zero-order valence-corrected chi connectivity index (χ0v) is 17.3. The number of nitrogens with one attached hydrogen (secondary N) is 1. The number of anilines is 2. The van der Waals surface area contributed by atoms with Crippen molar-refractivity contribution in [3.05, 3.63) is 30.0 Å². The van der Waals surface area contributed by atoms with E-state index in [1.807, 2.05) is 0 Å². The molecule has 4 aromatic heterocycles. The van der Waals surface area contributed by atoms with Crippen LogP contribution in [0.2, 0.25) is 0 Å². The first kappa shape index (κ1) is 19.3. The molecule has 0 amide bonds. The van der Waals surface area contributed by atoms with E-state index >= 15 is 4.39 Å². The molecule has 8 nitrogen and oxygen atoms in total. The number of halogens is 3. The SMILES string of the molecule is Cc1nc2ccc(-c3c(F)cn4nc(NC5CC6CC6C5)nc(N)c34)nc2n1CC(F)F. The van der Waals surface area contributed by atoms with Crippen molar-refractivity contribution in [3.63, 3.8) is 0 Å². The number of rotatable bonds is 5. The fourth-order valence-corrected chi connectivity index (χ4v) is 5.01. The molecule has 2 aliphatic rings. The number of fused-ring (bicyclic) bond motifs is 3. The minimum Gasteiger partial charge on any atom is -0.382 e. The van der Waals surface area contributed by atoms with Gasteiger partial charge in [0, 0.05) is 6.04 Å². The van der Waals surface area contributed by atoms with Gasteiger partial charge in [-0.2, -0.15) is 4.98 Å². The molecular weight excluding hydrogens is 421 g/mol. The average Bonchev–Trinajstić information content (AvgIpc) is 3.04. The summed E-state index contributed by atoms with van der Waals surface area (Å²) >= 11 is 0. The van der Waals surface area contributed by atoms with Crippen molar-refractivity contribution in [2.75, 3.05) is 11.1 Å². The fraction of sp³-hybridized carbons (Fsp3) is 0.429. The van der Waals surface area contributed by atoms with Crippen LogP contribution in [0.3, 0.4) is 0 Å². The first-order valence-electron chi connectivity index (χ1n) is 10.6. The maximum atomic E-state index is 15.0. The third-order valence-electron chi connectivity index (χ3n) is 6.55. The summed E-state index contributed by atoms with van der Waals surface area (Å²) in [6.45, 7) is 1.09. The van der Waals surface area contributed by atoms with Crippen molar-refractivity contribution in [2.24, 2.45) is 11.8 Å². The Morgan fingerprint density at radius 2 is 1.94 bits per heavy atom. The van der Waals surface area contributed by atoms with Gasteiger partial charge in [-0.1, -0.05) is 0 Å². The number of nitrogens with zero attached hydrogens (tertiary/aromatic N) is 6. The van der Waals surface area contributed by atoms with Gasteiger partial charge in [-0.05, 0) is 50.2 Å². The predicted molar refractivity (Wildman–Crippen MR) is 113 cm³/mol. The minimum atomic E-state index is -2.57. The van der Waals surface area contributed by atoms with Crippen LogP contribution in [0.4, 0.5) is 24.9 Å². The van der Waals surface area contributed by atoms with Crippen LogP contribution in [0.5, 0.6) is 0 Å². The molecule has 6 rings (SSSR count). The molecule has 0 bridgehead atoms. The van der Waals surface area contributed by atoms with Crippen molar-refractivity contribution in [2.45, 2.75) is 45.2 Å². The summed E-state index contributed by atoms with van der Waals surface area (Å²) in [5.74, 6) is 1.91. The lowest BCUT2D eigenvalue weighted by molar-refractivity contribution is 0.127. The lowest BCUT2D eigenvalue weighted by Crippen LogP contribution is -2.20. The molecule has 0 saturated heterocycles. The third-order valence-corrected chi connectivity index (χ3v) is 6.55. The maximum absolute atomic E-state index is 15.0. The van der Waals surface area contributed by atoms with Gasteiger partial charge in [0.05, 0.1) is 24.0 Å². The van der Waals surface area contributed by atoms with Gasteiger partial charge in [-0.3, -0.25) is 0 Å². The number of hydrogen-bond acceptors (Lipinski definition) is 6. The van der Waals surface area contributed by atoms with Crippen LogP contribution in [0.1, 0.15) is 25.1 Å². The molecule has 0 aliphatic heterocycles. The van der Waals surface area contributed by atoms with Gasteiger partial charge in [0.15, 0.2) is 17.3 Å². The molecule has 2 saturated carbocycles. The van der Waals surface area contributed by atoms with Gasteiger partial charge < -0.3 is 15.6 Å². The minimum absolute atomic E-state index is 0.115. The van der Waals surface area contributed by atoms with Gasteiger partial charge >= 0.3 is 0 Å². The highest BCUT2D eigenvalue weighted by Crippen LogP contribution is 2.52. The number of nitrogen functional groups attached to an aromatic ring is 1. The molecule has 166 valence electrons. The normalized spacial score (nSPS) is 22.2. The monoisotopic (exact) mass is 442 g/mol. The molecule has 0 aromatic carbocycles. The number of alkyl halides is 2. The molecule has 32 heavy (non-hydrogen) atoms. The van der Waals surface area contributed by atoms with Crippen molar-refractivity contribution >= 4 is 28.4 Å². The van der Waals surface area contributed by atoms with Crippen LogP contribution in [-0.2, 0) is 6.54 Å². The molecule has 0 radical (unpaired) electrons. The van der Waals surface area contributed by atoms with Crippen LogP contribution in [0.15, 0.2) is 18.3 Å². The van der Waals surface area contributed by atoms with Crippen LogP contribution in [0.25, 0.3) is 27.9 Å². The van der Waals surface area contributed by atoms with Gasteiger partial charge in [0.2, 0.25) is 5.95 Å². The molecule has 4 heterocycles. The van der Waals surface area contributed by atoms with E-state index in [0.717, 1.165) is 24.7 Å². The van der Waals surface area contributed by atoms with Gasteiger partial charge in [-0.25, -0.2) is 27.7 Å². The molecule has 3 N–H and O–H groups in total. The zero-order valence-electron chi connectivity index (χ0n) is 17.3. The molecule has 4 aromatic rings. The Labute approximate surface area is 180 Å². The van der Waals surface area contributed by atoms with E-state index in [0.29, 0.717) is 23.3 Å². The quantitative estimate of drug-likeness (QED) is 0.490. The highest BCUT2D eigenvalue weighted by atomic mass is 19.3. The zero-order chi connectivity index (χ0) is 22.1.